The van der Waals surface area contributed by atoms with E-state index in [0.717, 1.165) is 0 Å². The van der Waals surface area contributed by atoms with Crippen molar-refractivity contribution in [2.75, 3.05) is 0 Å². The molecule has 0 atom stereocenters. The molecule has 8 nitrogen and oxygen atoms in total. The molecule has 188 valence electrons. The molecule has 2 heterocycles. The number of carboxylic acids is 2. The van der Waals surface area contributed by atoms with E-state index in [0.29, 0.717) is 11.1 Å². The zero-order valence-corrected chi connectivity index (χ0v) is 21.2. The molecule has 0 amide bonds. The van der Waals surface area contributed by atoms with E-state index in [1.54, 1.807) is 73.3 Å². The van der Waals surface area contributed by atoms with E-state index in [4.69, 9.17) is 33.7 Å². The third kappa shape index (κ3) is 13.4. The first-order valence-corrected chi connectivity index (χ1v) is 10.6. The average Bonchev–Trinajstić information content (AvgIpc) is 2.91. The van der Waals surface area contributed by atoms with Crippen molar-refractivity contribution in [2.24, 2.45) is 0 Å². The molecular weight excluding hydrogens is 562 g/mol. The summed E-state index contributed by atoms with van der Waals surface area (Å²) in [6.45, 7) is 0. The van der Waals surface area contributed by atoms with Gasteiger partial charge < -0.3 is 19.8 Å². The second kappa shape index (κ2) is 19.0. The van der Waals surface area contributed by atoms with Crippen molar-refractivity contribution in [3.8, 4) is 12.1 Å². The van der Waals surface area contributed by atoms with E-state index >= 15 is 0 Å². The van der Waals surface area contributed by atoms with E-state index in [-0.39, 0.29) is 37.7 Å². The van der Waals surface area contributed by atoms with Crippen molar-refractivity contribution in [1.29, 1.82) is 10.5 Å². The third-order valence-electron chi connectivity index (χ3n) is 3.81. The van der Waals surface area contributed by atoms with Crippen molar-refractivity contribution in [3.63, 3.8) is 0 Å². The molecular formula is C26H16Cl2N4NiO4. The molecule has 37 heavy (non-hydrogen) atoms. The van der Waals surface area contributed by atoms with Gasteiger partial charge in [-0.1, -0.05) is 59.6 Å². The number of halogens is 2. The molecule has 2 aromatic heterocycles. The zero-order valence-electron chi connectivity index (χ0n) is 18.7. The Kier molecular flexibility index (Phi) is 16.8. The number of hydrogen-bond acceptors (Lipinski definition) is 8. The predicted octanol–water partition coefficient (Wildman–Crippen LogP) is 3.31. The Labute approximate surface area is 233 Å². The summed E-state index contributed by atoms with van der Waals surface area (Å²) >= 11 is 11.0. The number of aromatic carboxylic acids is 2. The quantitative estimate of drug-likeness (QED) is 0.329. The molecule has 0 aliphatic carbocycles. The van der Waals surface area contributed by atoms with E-state index in [1.807, 2.05) is 12.1 Å². The standard InChI is InChI=1S/2C7H5ClO2.2C6H4N2.Ni/c2*8-6-4-2-1-3-5(6)7(9)10;2*7-5-6-1-3-8-4-2-6;/h2*1-4H,(H,9,10);2*1-4H;/q;;;;+2/p-2. The zero-order chi connectivity index (χ0) is 26.8. The SMILES string of the molecule is N#Cc1ccncc1.N#Cc1ccncc1.O=C([O-])c1ccccc1Cl.O=C([O-])c1ccccc1Cl.[Ni+2]. The molecule has 4 rings (SSSR count). The summed E-state index contributed by atoms with van der Waals surface area (Å²) in [7, 11) is 0. The molecule has 4 aromatic rings. The van der Waals surface area contributed by atoms with E-state index < -0.39 is 11.9 Å². The Balaban J connectivity index is 0.000000465. The van der Waals surface area contributed by atoms with Crippen LogP contribution in [-0.2, 0) is 16.5 Å². The predicted molar refractivity (Wildman–Crippen MR) is 129 cm³/mol. The Morgan fingerprint density at radius 2 is 0.919 bits per heavy atom. The van der Waals surface area contributed by atoms with Gasteiger partial charge in [0.2, 0.25) is 0 Å². The number of nitrogens with zero attached hydrogens (tertiary/aromatic N) is 4. The average molecular weight is 578 g/mol. The van der Waals surface area contributed by atoms with Crippen LogP contribution in [0.1, 0.15) is 31.8 Å². The van der Waals surface area contributed by atoms with Gasteiger partial charge in [0.1, 0.15) is 0 Å². The van der Waals surface area contributed by atoms with Crippen molar-refractivity contribution in [2.45, 2.75) is 0 Å². The number of carbonyl (C=O) groups is 2. The van der Waals surface area contributed by atoms with Crippen LogP contribution in [0.3, 0.4) is 0 Å². The number of carboxylic acid groups (broad SMARTS) is 2. The van der Waals surface area contributed by atoms with Crippen LogP contribution in [0.2, 0.25) is 10.0 Å². The van der Waals surface area contributed by atoms with Gasteiger partial charge in [-0.25, -0.2) is 0 Å². The molecule has 0 N–H and O–H groups in total. The summed E-state index contributed by atoms with van der Waals surface area (Å²) in [5.41, 5.74) is 1.37. The van der Waals surface area contributed by atoms with Crippen LogP contribution in [-0.4, -0.2) is 21.9 Å². The summed E-state index contributed by atoms with van der Waals surface area (Å²) in [5.74, 6) is -2.49. The number of carbonyl (C=O) groups excluding carboxylic acids is 2. The fraction of sp³-hybridized carbons (Fsp3) is 0. The molecule has 0 saturated carbocycles. The normalized spacial score (nSPS) is 8.43. The van der Waals surface area contributed by atoms with Gasteiger partial charge in [0.15, 0.2) is 0 Å². The maximum absolute atomic E-state index is 10.2. The van der Waals surface area contributed by atoms with Crippen molar-refractivity contribution < 1.29 is 36.3 Å². The van der Waals surface area contributed by atoms with Crippen LogP contribution >= 0.6 is 23.2 Å². The Morgan fingerprint density at radius 3 is 1.11 bits per heavy atom. The van der Waals surface area contributed by atoms with Crippen molar-refractivity contribution in [3.05, 3.63) is 130 Å². The number of nitriles is 2. The molecule has 0 aliphatic heterocycles. The molecule has 0 aliphatic rings. The van der Waals surface area contributed by atoms with Crippen LogP contribution in [0.5, 0.6) is 0 Å². The first-order valence-electron chi connectivity index (χ1n) is 9.82. The van der Waals surface area contributed by atoms with Gasteiger partial charge in [-0.3, -0.25) is 9.97 Å². The van der Waals surface area contributed by atoms with Crippen molar-refractivity contribution in [1.82, 2.24) is 9.97 Å². The maximum Gasteiger partial charge on any atom is 2.00 e. The molecule has 0 saturated heterocycles. The molecule has 0 unspecified atom stereocenters. The fourth-order valence-corrected chi connectivity index (χ4v) is 2.53. The van der Waals surface area contributed by atoms with Crippen LogP contribution < -0.4 is 10.2 Å². The Hall–Kier alpha value is -4.27. The molecule has 0 fully saturated rings. The second-order valence-electron chi connectivity index (χ2n) is 6.23. The van der Waals surface area contributed by atoms with Gasteiger partial charge >= 0.3 is 16.5 Å². The van der Waals surface area contributed by atoms with Gasteiger partial charge in [-0.15, -0.1) is 0 Å². The number of rotatable bonds is 2. The number of benzene rings is 2. The minimum Gasteiger partial charge on any atom is -0.545 e. The van der Waals surface area contributed by atoms with Gasteiger partial charge in [-0.2, -0.15) is 10.5 Å². The summed E-state index contributed by atoms with van der Waals surface area (Å²) in [4.78, 5) is 27.9. The van der Waals surface area contributed by atoms with Gasteiger partial charge in [0.25, 0.3) is 0 Å². The van der Waals surface area contributed by atoms with Gasteiger partial charge in [0, 0.05) is 46.0 Å². The topological polar surface area (TPSA) is 154 Å². The van der Waals surface area contributed by atoms with Gasteiger partial charge in [-0.05, 0) is 36.4 Å². The molecule has 0 bridgehead atoms. The second-order valence-corrected chi connectivity index (χ2v) is 7.04. The summed E-state index contributed by atoms with van der Waals surface area (Å²) in [5, 5.41) is 37.4. The fourth-order valence-electron chi connectivity index (χ4n) is 2.11. The van der Waals surface area contributed by atoms with E-state index in [2.05, 4.69) is 9.97 Å². The summed E-state index contributed by atoms with van der Waals surface area (Å²) < 4.78 is 0. The number of hydrogen-bond donors (Lipinski definition) is 0. The number of aromatic nitrogens is 2. The van der Waals surface area contributed by atoms with Crippen molar-refractivity contribution >= 4 is 35.1 Å². The van der Waals surface area contributed by atoms with Crippen LogP contribution in [0.15, 0.2) is 97.6 Å². The molecule has 2 aromatic carbocycles. The smallest absolute Gasteiger partial charge is 0.545 e. The largest absolute Gasteiger partial charge is 2.00 e. The van der Waals surface area contributed by atoms with Crippen LogP contribution in [0.4, 0.5) is 0 Å². The maximum atomic E-state index is 10.2. The minimum atomic E-state index is -1.24. The van der Waals surface area contributed by atoms with Gasteiger partial charge in [0.05, 0.1) is 35.2 Å². The van der Waals surface area contributed by atoms with E-state index in [9.17, 15) is 19.8 Å². The first kappa shape index (κ1) is 32.7. The van der Waals surface area contributed by atoms with Crippen LogP contribution in [0.25, 0.3) is 0 Å². The first-order chi connectivity index (χ1) is 17.3. The Morgan fingerprint density at radius 1 is 0.622 bits per heavy atom. The molecule has 11 heteroatoms. The number of pyridine rings is 2. The van der Waals surface area contributed by atoms with E-state index in [1.165, 1.54) is 24.3 Å². The monoisotopic (exact) mass is 576 g/mol. The molecule has 0 spiro atoms. The Bertz CT molecular complexity index is 1240. The summed E-state index contributed by atoms with van der Waals surface area (Å²) in [6, 6.07) is 23.0. The van der Waals surface area contributed by atoms with Crippen LogP contribution in [0, 0.1) is 22.7 Å². The minimum absolute atomic E-state index is 0. The third-order valence-corrected chi connectivity index (χ3v) is 4.47. The molecule has 0 radical (unpaired) electrons. The summed E-state index contributed by atoms with van der Waals surface area (Å²) in [6.07, 6.45) is 6.38.